The molecule has 1 aliphatic carbocycles. The molecule has 4 nitrogen and oxygen atoms in total. The molecule has 2 unspecified atom stereocenters. The molecule has 0 aliphatic heterocycles. The van der Waals surface area contributed by atoms with Gasteiger partial charge in [0.1, 0.15) is 0 Å². The summed E-state index contributed by atoms with van der Waals surface area (Å²) in [6, 6.07) is 0. The summed E-state index contributed by atoms with van der Waals surface area (Å²) in [5.74, 6) is 0.326. The van der Waals surface area contributed by atoms with Crippen LogP contribution in [-0.4, -0.2) is 30.2 Å². The first kappa shape index (κ1) is 9.48. The van der Waals surface area contributed by atoms with Gasteiger partial charge < -0.3 is 16.2 Å². The first-order chi connectivity index (χ1) is 5.72. The van der Waals surface area contributed by atoms with Crippen molar-refractivity contribution in [1.82, 2.24) is 5.32 Å². The molecular weight excluding hydrogens is 156 g/mol. The van der Waals surface area contributed by atoms with Gasteiger partial charge in [0.05, 0.1) is 12.6 Å². The molecule has 1 saturated carbocycles. The van der Waals surface area contributed by atoms with Crippen molar-refractivity contribution in [3.8, 4) is 0 Å². The minimum atomic E-state index is -0.162. The first-order valence-corrected chi connectivity index (χ1v) is 4.37. The van der Waals surface area contributed by atoms with E-state index in [0.717, 1.165) is 19.3 Å². The van der Waals surface area contributed by atoms with Crippen molar-refractivity contribution in [3.05, 3.63) is 0 Å². The van der Waals surface area contributed by atoms with Crippen molar-refractivity contribution >= 4 is 5.91 Å². The summed E-state index contributed by atoms with van der Waals surface area (Å²) < 4.78 is 0. The van der Waals surface area contributed by atoms with E-state index in [2.05, 4.69) is 5.32 Å². The van der Waals surface area contributed by atoms with Gasteiger partial charge in [0.2, 0.25) is 5.91 Å². The summed E-state index contributed by atoms with van der Waals surface area (Å²) in [6.07, 6.45) is 2.52. The van der Waals surface area contributed by atoms with Crippen LogP contribution in [0.2, 0.25) is 0 Å². The molecule has 1 fully saturated rings. The van der Waals surface area contributed by atoms with Crippen LogP contribution in [0.25, 0.3) is 0 Å². The van der Waals surface area contributed by atoms with Crippen LogP contribution in [0.1, 0.15) is 19.3 Å². The lowest BCUT2D eigenvalue weighted by Crippen LogP contribution is -2.33. The molecule has 1 rings (SSSR count). The molecule has 1 amide bonds. The van der Waals surface area contributed by atoms with Gasteiger partial charge in [-0.25, -0.2) is 0 Å². The van der Waals surface area contributed by atoms with E-state index in [9.17, 15) is 9.90 Å². The minimum absolute atomic E-state index is 0.0509. The fourth-order valence-electron chi connectivity index (χ4n) is 1.56. The van der Waals surface area contributed by atoms with Crippen LogP contribution >= 0.6 is 0 Å². The Morgan fingerprint density at radius 3 is 2.83 bits per heavy atom. The van der Waals surface area contributed by atoms with Crippen LogP contribution in [0, 0.1) is 5.92 Å². The normalized spacial score (nSPS) is 28.8. The average Bonchev–Trinajstić information content (AvgIpc) is 2.47. The molecular formula is C8H16N2O2. The molecule has 1 aliphatic rings. The zero-order chi connectivity index (χ0) is 8.97. The van der Waals surface area contributed by atoms with Gasteiger partial charge in [-0.3, -0.25) is 4.79 Å². The standard InChI is InChI=1S/C8H16N2O2/c9-4-8(12)10-5-6-1-2-7(11)3-6/h6-7,11H,1-5,9H2,(H,10,12). The summed E-state index contributed by atoms with van der Waals surface area (Å²) in [6.45, 7) is 0.711. The Balaban J connectivity index is 2.11. The van der Waals surface area contributed by atoms with Gasteiger partial charge in [-0.1, -0.05) is 0 Å². The van der Waals surface area contributed by atoms with Crippen molar-refractivity contribution in [1.29, 1.82) is 0 Å². The molecule has 12 heavy (non-hydrogen) atoms. The van der Waals surface area contributed by atoms with E-state index in [1.807, 2.05) is 0 Å². The Labute approximate surface area is 72.1 Å². The second-order valence-corrected chi connectivity index (χ2v) is 3.34. The lowest BCUT2D eigenvalue weighted by molar-refractivity contribution is -0.119. The van der Waals surface area contributed by atoms with Crippen molar-refractivity contribution in [2.24, 2.45) is 11.7 Å². The third-order valence-electron chi connectivity index (χ3n) is 2.29. The largest absolute Gasteiger partial charge is 0.393 e. The van der Waals surface area contributed by atoms with E-state index >= 15 is 0 Å². The maximum absolute atomic E-state index is 10.8. The van der Waals surface area contributed by atoms with Gasteiger partial charge in [0.25, 0.3) is 0 Å². The van der Waals surface area contributed by atoms with E-state index in [1.165, 1.54) is 0 Å². The zero-order valence-electron chi connectivity index (χ0n) is 7.12. The summed E-state index contributed by atoms with van der Waals surface area (Å²) in [5, 5.41) is 11.9. The van der Waals surface area contributed by atoms with Gasteiger partial charge >= 0.3 is 0 Å². The molecule has 2 atom stereocenters. The Kier molecular flexibility index (Phi) is 3.49. The monoisotopic (exact) mass is 172 g/mol. The summed E-state index contributed by atoms with van der Waals surface area (Å²) in [5.41, 5.74) is 5.12. The number of nitrogens with one attached hydrogen (secondary N) is 1. The molecule has 0 bridgehead atoms. The quantitative estimate of drug-likeness (QED) is 0.523. The molecule has 4 heteroatoms. The number of rotatable bonds is 3. The van der Waals surface area contributed by atoms with E-state index in [-0.39, 0.29) is 18.6 Å². The number of nitrogens with two attached hydrogens (primary N) is 1. The summed E-state index contributed by atoms with van der Waals surface area (Å²) >= 11 is 0. The van der Waals surface area contributed by atoms with Crippen molar-refractivity contribution in [2.45, 2.75) is 25.4 Å². The molecule has 0 aromatic carbocycles. The fourth-order valence-corrected chi connectivity index (χ4v) is 1.56. The summed E-state index contributed by atoms with van der Waals surface area (Å²) in [4.78, 5) is 10.8. The van der Waals surface area contributed by atoms with Gasteiger partial charge in [-0.2, -0.15) is 0 Å². The van der Waals surface area contributed by atoms with Crippen LogP contribution in [0.15, 0.2) is 0 Å². The van der Waals surface area contributed by atoms with Crippen LogP contribution in [-0.2, 0) is 4.79 Å². The molecule has 0 radical (unpaired) electrons. The van der Waals surface area contributed by atoms with Gasteiger partial charge in [0, 0.05) is 6.54 Å². The number of amides is 1. The molecule has 0 saturated heterocycles. The average molecular weight is 172 g/mol. The van der Waals surface area contributed by atoms with E-state index < -0.39 is 0 Å². The Bertz CT molecular complexity index is 161. The van der Waals surface area contributed by atoms with Crippen LogP contribution in [0.5, 0.6) is 0 Å². The maximum Gasteiger partial charge on any atom is 0.233 e. The smallest absolute Gasteiger partial charge is 0.233 e. The number of carbonyl (C=O) groups excluding carboxylic acids is 1. The van der Waals surface area contributed by atoms with E-state index in [0.29, 0.717) is 12.5 Å². The highest BCUT2D eigenvalue weighted by Crippen LogP contribution is 2.24. The van der Waals surface area contributed by atoms with E-state index in [4.69, 9.17) is 5.73 Å². The third kappa shape index (κ3) is 2.79. The lowest BCUT2D eigenvalue weighted by atomic mass is 10.1. The van der Waals surface area contributed by atoms with Crippen LogP contribution in [0.3, 0.4) is 0 Å². The minimum Gasteiger partial charge on any atom is -0.393 e. The van der Waals surface area contributed by atoms with Gasteiger partial charge in [-0.05, 0) is 25.2 Å². The topological polar surface area (TPSA) is 75.4 Å². The number of aliphatic hydroxyl groups excluding tert-OH is 1. The Morgan fingerprint density at radius 1 is 1.58 bits per heavy atom. The number of hydrogen-bond donors (Lipinski definition) is 3. The molecule has 0 aromatic heterocycles. The molecule has 4 N–H and O–H groups in total. The van der Waals surface area contributed by atoms with Crippen molar-refractivity contribution < 1.29 is 9.90 Å². The third-order valence-corrected chi connectivity index (χ3v) is 2.29. The predicted molar refractivity (Wildman–Crippen MR) is 45.4 cm³/mol. The predicted octanol–water partition coefficient (Wildman–Crippen LogP) is -0.778. The molecule has 0 spiro atoms. The van der Waals surface area contributed by atoms with Crippen molar-refractivity contribution in [2.75, 3.05) is 13.1 Å². The summed E-state index contributed by atoms with van der Waals surface area (Å²) in [7, 11) is 0. The van der Waals surface area contributed by atoms with Gasteiger partial charge in [0.15, 0.2) is 0 Å². The highest BCUT2D eigenvalue weighted by Gasteiger charge is 2.22. The molecule has 0 heterocycles. The van der Waals surface area contributed by atoms with E-state index in [1.54, 1.807) is 0 Å². The first-order valence-electron chi connectivity index (χ1n) is 4.37. The highest BCUT2D eigenvalue weighted by molar-refractivity contribution is 5.77. The lowest BCUT2D eigenvalue weighted by Gasteiger charge is -2.09. The highest BCUT2D eigenvalue weighted by atomic mass is 16.3. The Hall–Kier alpha value is -0.610. The van der Waals surface area contributed by atoms with Crippen molar-refractivity contribution in [3.63, 3.8) is 0 Å². The second-order valence-electron chi connectivity index (χ2n) is 3.34. The van der Waals surface area contributed by atoms with Crippen LogP contribution < -0.4 is 11.1 Å². The SMILES string of the molecule is NCC(=O)NCC1CCC(O)C1. The fraction of sp³-hybridized carbons (Fsp3) is 0.875. The molecule has 0 aromatic rings. The van der Waals surface area contributed by atoms with Crippen LogP contribution in [0.4, 0.5) is 0 Å². The number of aliphatic hydroxyl groups is 1. The van der Waals surface area contributed by atoms with Gasteiger partial charge in [-0.15, -0.1) is 0 Å². The number of hydrogen-bond acceptors (Lipinski definition) is 3. The maximum atomic E-state index is 10.8. The molecule has 70 valence electrons. The number of carbonyl (C=O) groups is 1. The second kappa shape index (κ2) is 4.42. The Morgan fingerprint density at radius 2 is 2.33 bits per heavy atom. The zero-order valence-corrected chi connectivity index (χ0v) is 7.12.